The molecule has 10 heavy (non-hydrogen) atoms. The Morgan fingerprint density at radius 2 is 1.80 bits per heavy atom. The second kappa shape index (κ2) is 5.25. The molecule has 0 saturated carbocycles. The Morgan fingerprint density at radius 3 is 2.10 bits per heavy atom. The van der Waals surface area contributed by atoms with Crippen molar-refractivity contribution in [2.45, 2.75) is 46.6 Å². The zero-order valence-electron chi connectivity index (χ0n) is 7.44. The summed E-state index contributed by atoms with van der Waals surface area (Å²) >= 11 is 0. The Hall–Kier alpha value is -0.550. The van der Waals surface area contributed by atoms with Gasteiger partial charge in [0.15, 0.2) is 0 Å². The summed E-state index contributed by atoms with van der Waals surface area (Å²) in [5.41, 5.74) is 1.31. The van der Waals surface area contributed by atoms with Crippen LogP contribution < -0.4 is 0 Å². The quantitative estimate of drug-likeness (QED) is 0.533. The molecule has 0 saturated heterocycles. The molecular weight excluding hydrogens is 122 g/mol. The van der Waals surface area contributed by atoms with Crippen molar-refractivity contribution in [3.63, 3.8) is 0 Å². The van der Waals surface area contributed by atoms with E-state index >= 15 is 0 Å². The van der Waals surface area contributed by atoms with Crippen LogP contribution in [0.15, 0.2) is 10.6 Å². The van der Waals surface area contributed by atoms with Crippen LogP contribution in [0.3, 0.4) is 0 Å². The molecule has 0 spiro atoms. The molecule has 0 N–H and O–H groups in total. The van der Waals surface area contributed by atoms with Crippen LogP contribution in [0.1, 0.15) is 40.5 Å². The zero-order valence-corrected chi connectivity index (χ0v) is 7.44. The van der Waals surface area contributed by atoms with Crippen LogP contribution in [0.2, 0.25) is 0 Å². The van der Waals surface area contributed by atoms with Gasteiger partial charge in [-0.05, 0) is 38.1 Å². The third kappa shape index (κ3) is 4.34. The van der Waals surface area contributed by atoms with Gasteiger partial charge in [0.05, 0.1) is 6.04 Å². The van der Waals surface area contributed by atoms with Crippen molar-refractivity contribution in [3.8, 4) is 0 Å². The largest absolute Gasteiger partial charge is 0.240 e. The van der Waals surface area contributed by atoms with E-state index in [1.54, 1.807) is 0 Å². The van der Waals surface area contributed by atoms with Crippen LogP contribution in [0.25, 0.3) is 0 Å². The lowest BCUT2D eigenvalue weighted by atomic mass is 10.2. The number of hydrogen-bond donors (Lipinski definition) is 0. The SMILES string of the molecule is CCC(=C=NC(C)C)CC. The molecule has 0 rings (SSSR count). The zero-order chi connectivity index (χ0) is 7.98. The minimum absolute atomic E-state index is 0.382. The lowest BCUT2D eigenvalue weighted by Gasteiger charge is -1.93. The fraction of sp³-hybridized carbons (Fsp3) is 0.778. The maximum absolute atomic E-state index is 4.18. The summed E-state index contributed by atoms with van der Waals surface area (Å²) in [6.07, 6.45) is 2.15. The molecule has 0 fully saturated rings. The molecule has 0 bridgehead atoms. The predicted octanol–water partition coefficient (Wildman–Crippen LogP) is 2.81. The Morgan fingerprint density at radius 1 is 1.30 bits per heavy atom. The average Bonchev–Trinajstić information content (AvgIpc) is 1.90. The van der Waals surface area contributed by atoms with Gasteiger partial charge in [-0.15, -0.1) is 0 Å². The third-order valence-corrected chi connectivity index (χ3v) is 1.33. The van der Waals surface area contributed by atoms with Gasteiger partial charge in [-0.3, -0.25) is 0 Å². The molecule has 0 aromatic carbocycles. The fourth-order valence-electron chi connectivity index (χ4n) is 0.629. The molecular formula is C9H17N. The van der Waals surface area contributed by atoms with Crippen LogP contribution >= 0.6 is 0 Å². The summed E-state index contributed by atoms with van der Waals surface area (Å²) in [5.74, 6) is 3.06. The number of hydrogen-bond acceptors (Lipinski definition) is 1. The van der Waals surface area contributed by atoms with E-state index in [-0.39, 0.29) is 0 Å². The first-order chi connectivity index (χ1) is 4.70. The van der Waals surface area contributed by atoms with Gasteiger partial charge >= 0.3 is 0 Å². The van der Waals surface area contributed by atoms with Gasteiger partial charge in [0.1, 0.15) is 0 Å². The van der Waals surface area contributed by atoms with E-state index in [9.17, 15) is 0 Å². The topological polar surface area (TPSA) is 12.4 Å². The van der Waals surface area contributed by atoms with Crippen molar-refractivity contribution in [2.24, 2.45) is 4.99 Å². The van der Waals surface area contributed by atoms with Crippen molar-refractivity contribution in [2.75, 3.05) is 0 Å². The third-order valence-electron chi connectivity index (χ3n) is 1.33. The molecule has 1 nitrogen and oxygen atoms in total. The van der Waals surface area contributed by atoms with Gasteiger partial charge in [0.25, 0.3) is 0 Å². The average molecular weight is 139 g/mol. The van der Waals surface area contributed by atoms with Gasteiger partial charge in [0.2, 0.25) is 0 Å². The van der Waals surface area contributed by atoms with E-state index in [1.807, 2.05) is 0 Å². The lowest BCUT2D eigenvalue weighted by molar-refractivity contribution is 0.840. The highest BCUT2D eigenvalue weighted by Gasteiger charge is 1.87. The molecule has 0 aromatic heterocycles. The van der Waals surface area contributed by atoms with Crippen molar-refractivity contribution < 1.29 is 0 Å². The number of allylic oxidation sites excluding steroid dienone is 1. The highest BCUT2D eigenvalue weighted by Crippen LogP contribution is 1.99. The van der Waals surface area contributed by atoms with Crippen molar-refractivity contribution in [1.29, 1.82) is 0 Å². The first-order valence-electron chi connectivity index (χ1n) is 4.01. The van der Waals surface area contributed by atoms with Gasteiger partial charge in [-0.2, -0.15) is 0 Å². The summed E-state index contributed by atoms with van der Waals surface area (Å²) in [4.78, 5) is 4.18. The molecule has 0 aliphatic carbocycles. The van der Waals surface area contributed by atoms with Gasteiger partial charge in [-0.25, -0.2) is 4.99 Å². The molecule has 0 aliphatic heterocycles. The Bertz CT molecular complexity index is 133. The number of nitrogens with zero attached hydrogens (tertiary/aromatic N) is 1. The lowest BCUT2D eigenvalue weighted by Crippen LogP contribution is -1.87. The van der Waals surface area contributed by atoms with Crippen LogP contribution in [0.5, 0.6) is 0 Å². The minimum Gasteiger partial charge on any atom is -0.240 e. The van der Waals surface area contributed by atoms with Crippen LogP contribution in [-0.2, 0) is 0 Å². The number of rotatable bonds is 3. The van der Waals surface area contributed by atoms with Crippen molar-refractivity contribution in [1.82, 2.24) is 0 Å². The molecule has 0 amide bonds. The summed E-state index contributed by atoms with van der Waals surface area (Å²) in [6, 6.07) is 0.382. The Kier molecular flexibility index (Phi) is 4.96. The van der Waals surface area contributed by atoms with E-state index in [0.717, 1.165) is 12.8 Å². The second-order valence-corrected chi connectivity index (χ2v) is 2.65. The molecule has 1 heteroatoms. The monoisotopic (exact) mass is 139 g/mol. The highest BCUT2D eigenvalue weighted by atomic mass is 14.7. The first kappa shape index (κ1) is 9.45. The summed E-state index contributed by atoms with van der Waals surface area (Å²) in [7, 11) is 0. The summed E-state index contributed by atoms with van der Waals surface area (Å²) < 4.78 is 0. The number of aliphatic imine (C=N–C) groups is 1. The molecule has 0 atom stereocenters. The molecule has 0 radical (unpaired) electrons. The van der Waals surface area contributed by atoms with E-state index in [4.69, 9.17) is 0 Å². The van der Waals surface area contributed by atoms with Crippen molar-refractivity contribution in [3.05, 3.63) is 5.57 Å². The smallest absolute Gasteiger partial charge is 0.0537 e. The molecule has 0 unspecified atom stereocenters. The maximum Gasteiger partial charge on any atom is 0.0537 e. The summed E-state index contributed by atoms with van der Waals surface area (Å²) in [5, 5.41) is 0. The van der Waals surface area contributed by atoms with E-state index in [0.29, 0.717) is 6.04 Å². The maximum atomic E-state index is 4.18. The second-order valence-electron chi connectivity index (χ2n) is 2.65. The predicted molar refractivity (Wildman–Crippen MR) is 46.7 cm³/mol. The van der Waals surface area contributed by atoms with Crippen LogP contribution in [0.4, 0.5) is 0 Å². The van der Waals surface area contributed by atoms with Crippen LogP contribution in [-0.4, -0.2) is 11.9 Å². The molecule has 0 aliphatic rings. The van der Waals surface area contributed by atoms with Crippen molar-refractivity contribution >= 4 is 5.87 Å². The molecule has 0 heterocycles. The fourth-order valence-corrected chi connectivity index (χ4v) is 0.629. The van der Waals surface area contributed by atoms with Gasteiger partial charge in [0, 0.05) is 0 Å². The van der Waals surface area contributed by atoms with E-state index < -0.39 is 0 Å². The Labute approximate surface area is 63.9 Å². The minimum atomic E-state index is 0.382. The molecule has 58 valence electrons. The van der Waals surface area contributed by atoms with E-state index in [1.165, 1.54) is 5.57 Å². The van der Waals surface area contributed by atoms with Crippen LogP contribution in [0, 0.1) is 0 Å². The van der Waals surface area contributed by atoms with Gasteiger partial charge in [-0.1, -0.05) is 13.8 Å². The first-order valence-corrected chi connectivity index (χ1v) is 4.01. The van der Waals surface area contributed by atoms with Gasteiger partial charge < -0.3 is 0 Å². The standard InChI is InChI=1S/C9H17N/c1-5-9(6-2)7-10-8(3)4/h8H,5-6H2,1-4H3. The van der Waals surface area contributed by atoms with E-state index in [2.05, 4.69) is 38.6 Å². The Balaban J connectivity index is 4.08. The highest BCUT2D eigenvalue weighted by molar-refractivity contribution is 5.57. The molecule has 0 aromatic rings. The normalized spacial score (nSPS) is 9.30. The summed E-state index contributed by atoms with van der Waals surface area (Å²) in [6.45, 7) is 8.41.